The molecule has 0 aliphatic carbocycles. The van der Waals surface area contributed by atoms with Crippen LogP contribution in [0.1, 0.15) is 5.56 Å². The third-order valence-corrected chi connectivity index (χ3v) is 10.7. The monoisotopic (exact) mass is 510 g/mol. The Balaban J connectivity index is 1.70. The average molecular weight is 511 g/mol. The molecule has 0 unspecified atom stereocenters. The van der Waals surface area contributed by atoms with Gasteiger partial charge in [-0.25, -0.2) is 4.39 Å². The topological polar surface area (TPSA) is 17.1 Å². The van der Waals surface area contributed by atoms with E-state index >= 15 is 4.57 Å². The van der Waals surface area contributed by atoms with E-state index in [-0.39, 0.29) is 0 Å². The minimum Gasteiger partial charge on any atom is -0.309 e. The number of hydrogen-bond donors (Lipinski definition) is 0. The zero-order valence-electron chi connectivity index (χ0n) is 20.6. The molecule has 0 radical (unpaired) electrons. The van der Waals surface area contributed by atoms with Crippen molar-refractivity contribution in [2.24, 2.45) is 0 Å². The molecule has 38 heavy (non-hydrogen) atoms. The van der Waals surface area contributed by atoms with Crippen molar-refractivity contribution in [2.75, 3.05) is 0 Å². The van der Waals surface area contributed by atoms with Crippen LogP contribution in [0.25, 0.3) is 43.1 Å². The molecule has 3 heteroatoms. The molecule has 0 aromatic heterocycles. The van der Waals surface area contributed by atoms with Gasteiger partial charge in [0.05, 0.1) is 0 Å². The van der Waals surface area contributed by atoms with Gasteiger partial charge >= 0.3 is 0 Å². The predicted octanol–water partition coefficient (Wildman–Crippen LogP) is 8.41. The SMILES string of the molecule is O=P(c1cccc(CF)c1)(c1cc2ccccc2c2ccccc12)c1cc2ccccc2c2ccccc12. The van der Waals surface area contributed by atoms with Crippen molar-refractivity contribution in [1.82, 2.24) is 0 Å². The van der Waals surface area contributed by atoms with Crippen LogP contribution in [0.2, 0.25) is 0 Å². The van der Waals surface area contributed by atoms with E-state index < -0.39 is 13.8 Å². The van der Waals surface area contributed by atoms with Crippen molar-refractivity contribution in [1.29, 1.82) is 0 Å². The van der Waals surface area contributed by atoms with Gasteiger partial charge in [-0.15, -0.1) is 0 Å². The molecule has 0 aliphatic heterocycles. The van der Waals surface area contributed by atoms with Gasteiger partial charge in [-0.2, -0.15) is 0 Å². The summed E-state index contributed by atoms with van der Waals surface area (Å²) in [7, 11) is -3.48. The minimum absolute atomic E-state index is 0.526. The number of hydrogen-bond acceptors (Lipinski definition) is 1. The van der Waals surface area contributed by atoms with Gasteiger partial charge in [0.2, 0.25) is 0 Å². The molecule has 0 saturated carbocycles. The Labute approximate surface area is 220 Å². The first-order valence-corrected chi connectivity index (χ1v) is 14.5. The molecular weight excluding hydrogens is 486 g/mol. The lowest BCUT2D eigenvalue weighted by atomic mass is 10.0. The van der Waals surface area contributed by atoms with Gasteiger partial charge < -0.3 is 4.57 Å². The van der Waals surface area contributed by atoms with Crippen LogP contribution in [0.3, 0.4) is 0 Å². The smallest absolute Gasteiger partial charge is 0.172 e. The van der Waals surface area contributed by atoms with E-state index in [4.69, 9.17) is 0 Å². The molecule has 7 aromatic rings. The van der Waals surface area contributed by atoms with Gasteiger partial charge in [0.15, 0.2) is 7.14 Å². The summed E-state index contributed by atoms with van der Waals surface area (Å²) in [5, 5.41) is 10.6. The van der Waals surface area contributed by atoms with Crippen molar-refractivity contribution >= 4 is 66.1 Å². The van der Waals surface area contributed by atoms with Crippen LogP contribution in [-0.4, -0.2) is 0 Å². The third kappa shape index (κ3) is 3.41. The molecule has 0 aliphatic rings. The lowest BCUT2D eigenvalue weighted by Crippen LogP contribution is -2.27. The summed E-state index contributed by atoms with van der Waals surface area (Å²) in [6.07, 6.45) is 0. The first-order chi connectivity index (χ1) is 18.7. The second-order valence-corrected chi connectivity index (χ2v) is 12.4. The largest absolute Gasteiger partial charge is 0.309 e. The zero-order chi connectivity index (χ0) is 25.7. The highest BCUT2D eigenvalue weighted by atomic mass is 31.2. The van der Waals surface area contributed by atoms with Crippen molar-refractivity contribution in [3.05, 3.63) is 139 Å². The van der Waals surface area contributed by atoms with Crippen LogP contribution in [0.4, 0.5) is 4.39 Å². The highest BCUT2D eigenvalue weighted by Gasteiger charge is 2.34. The zero-order valence-corrected chi connectivity index (χ0v) is 21.5. The van der Waals surface area contributed by atoms with Crippen molar-refractivity contribution < 1.29 is 8.96 Å². The molecule has 0 amide bonds. The highest BCUT2D eigenvalue weighted by Crippen LogP contribution is 2.48. The summed E-state index contributed by atoms with van der Waals surface area (Å²) in [5.41, 5.74) is 0.526. The van der Waals surface area contributed by atoms with Gasteiger partial charge in [-0.3, -0.25) is 0 Å². The molecule has 0 bridgehead atoms. The molecule has 7 rings (SSSR count). The molecule has 0 heterocycles. The van der Waals surface area contributed by atoms with Gasteiger partial charge in [0, 0.05) is 15.9 Å². The molecule has 0 N–H and O–H groups in total. The van der Waals surface area contributed by atoms with Crippen LogP contribution < -0.4 is 15.9 Å². The van der Waals surface area contributed by atoms with Gasteiger partial charge in [0.25, 0.3) is 0 Å². The molecule has 0 fully saturated rings. The second-order valence-electron chi connectivity index (χ2n) is 9.74. The Hall–Kier alpha value is -4.26. The second kappa shape index (κ2) is 8.94. The van der Waals surface area contributed by atoms with E-state index in [1.807, 2.05) is 60.7 Å². The molecular formula is C35H24FOP. The summed E-state index contributed by atoms with van der Waals surface area (Å²) in [4.78, 5) is 0. The average Bonchev–Trinajstić information content (AvgIpc) is 3.00. The normalized spacial score (nSPS) is 12.0. The lowest BCUT2D eigenvalue weighted by Gasteiger charge is -2.25. The number of alkyl halides is 1. The van der Waals surface area contributed by atoms with Crippen LogP contribution >= 0.6 is 7.14 Å². The molecule has 7 aromatic carbocycles. The predicted molar refractivity (Wildman–Crippen MR) is 161 cm³/mol. The molecule has 0 saturated heterocycles. The Morgan fingerprint density at radius 1 is 0.474 bits per heavy atom. The van der Waals surface area contributed by atoms with Crippen molar-refractivity contribution in [3.8, 4) is 0 Å². The number of fused-ring (bicyclic) bond motifs is 6. The summed E-state index contributed by atoms with van der Waals surface area (Å²) in [5.74, 6) is 0. The van der Waals surface area contributed by atoms with Gasteiger partial charge in [-0.05, 0) is 66.9 Å². The van der Waals surface area contributed by atoms with Crippen LogP contribution in [0.5, 0.6) is 0 Å². The van der Waals surface area contributed by atoms with Crippen LogP contribution in [0.15, 0.2) is 133 Å². The van der Waals surface area contributed by atoms with Crippen molar-refractivity contribution in [2.45, 2.75) is 6.67 Å². The fourth-order valence-electron chi connectivity index (χ4n) is 5.83. The maximum Gasteiger partial charge on any atom is 0.172 e. The molecule has 0 atom stereocenters. The fourth-order valence-corrected chi connectivity index (χ4v) is 9.00. The summed E-state index contributed by atoms with van der Waals surface area (Å²) >= 11 is 0. The van der Waals surface area contributed by atoms with E-state index in [1.54, 1.807) is 12.1 Å². The Bertz CT molecular complexity index is 1940. The summed E-state index contributed by atoms with van der Waals surface area (Å²) in [6, 6.07) is 44.3. The van der Waals surface area contributed by atoms with Crippen molar-refractivity contribution in [3.63, 3.8) is 0 Å². The first-order valence-electron chi connectivity index (χ1n) is 12.8. The van der Waals surface area contributed by atoms with Crippen LogP contribution in [-0.2, 0) is 11.2 Å². The Kier molecular flexibility index (Phi) is 5.39. The van der Waals surface area contributed by atoms with E-state index in [9.17, 15) is 4.39 Å². The van der Waals surface area contributed by atoms with E-state index in [0.29, 0.717) is 10.9 Å². The minimum atomic E-state index is -3.48. The quantitative estimate of drug-likeness (QED) is 0.172. The van der Waals surface area contributed by atoms with E-state index in [0.717, 1.165) is 53.7 Å². The number of halogens is 1. The van der Waals surface area contributed by atoms with Gasteiger partial charge in [0.1, 0.15) is 6.67 Å². The maximum absolute atomic E-state index is 16.1. The lowest BCUT2D eigenvalue weighted by molar-refractivity contribution is 0.485. The van der Waals surface area contributed by atoms with Crippen LogP contribution in [0, 0.1) is 0 Å². The number of benzene rings is 7. The molecule has 182 valence electrons. The maximum atomic E-state index is 16.1. The Morgan fingerprint density at radius 2 is 0.921 bits per heavy atom. The molecule has 1 nitrogen and oxygen atoms in total. The number of rotatable bonds is 4. The first kappa shape index (κ1) is 22.9. The highest BCUT2D eigenvalue weighted by molar-refractivity contribution is 7.86. The summed E-state index contributed by atoms with van der Waals surface area (Å²) < 4.78 is 30.0. The van der Waals surface area contributed by atoms with E-state index in [1.165, 1.54) is 0 Å². The fraction of sp³-hybridized carbons (Fsp3) is 0.0286. The molecule has 0 spiro atoms. The third-order valence-electron chi connectivity index (χ3n) is 7.60. The standard InChI is InChI=1S/C35H24FOP/c36-23-24-10-9-13-27(20-24)38(37,34-21-25-11-1-3-14-28(25)30-16-5-7-18-32(30)34)35-22-26-12-2-4-15-29(26)31-17-6-8-19-33(31)35/h1-22H,23H2. The van der Waals surface area contributed by atoms with E-state index in [2.05, 4.69) is 60.7 Å². The van der Waals surface area contributed by atoms with Gasteiger partial charge in [-0.1, -0.05) is 115 Å². The Morgan fingerprint density at radius 3 is 1.42 bits per heavy atom. The summed E-state index contributed by atoms with van der Waals surface area (Å²) in [6.45, 7) is -0.606.